The summed E-state index contributed by atoms with van der Waals surface area (Å²) in [5.41, 5.74) is -0.875. The summed E-state index contributed by atoms with van der Waals surface area (Å²) in [6.07, 6.45) is -4.49. The fourth-order valence-electron chi connectivity index (χ4n) is 1.25. The molecule has 0 amide bonds. The summed E-state index contributed by atoms with van der Waals surface area (Å²) in [6, 6.07) is 4.17. The molecule has 0 aliphatic carbocycles. The Morgan fingerprint density at radius 1 is 1.28 bits per heavy atom. The molecule has 1 heterocycles. The minimum Gasteiger partial charge on any atom is -0.474 e. The van der Waals surface area contributed by atoms with Gasteiger partial charge >= 0.3 is 18.0 Å². The molecule has 94 valence electrons. The second kappa shape index (κ2) is 4.13. The zero-order valence-electron chi connectivity index (χ0n) is 8.60. The van der Waals surface area contributed by atoms with Crippen LogP contribution in [0.4, 0.5) is 13.2 Å². The third kappa shape index (κ3) is 2.31. The normalized spacial score (nSPS) is 11.5. The average Bonchev–Trinajstić information content (AvgIpc) is 2.77. The van der Waals surface area contributed by atoms with Crippen molar-refractivity contribution in [2.45, 2.75) is 6.18 Å². The zero-order chi connectivity index (χ0) is 13.3. The number of aromatic carboxylic acids is 1. The van der Waals surface area contributed by atoms with E-state index < -0.39 is 23.6 Å². The van der Waals surface area contributed by atoms with Gasteiger partial charge in [0.1, 0.15) is 0 Å². The van der Waals surface area contributed by atoms with Crippen LogP contribution in [0.15, 0.2) is 28.7 Å². The second-order valence-electron chi connectivity index (χ2n) is 3.30. The van der Waals surface area contributed by atoms with Gasteiger partial charge in [0, 0.05) is 5.56 Å². The number of nitrogens with zero attached hydrogens (tertiary/aromatic N) is 2. The van der Waals surface area contributed by atoms with E-state index in [-0.39, 0.29) is 11.5 Å². The van der Waals surface area contributed by atoms with Crippen LogP contribution in [-0.2, 0) is 6.18 Å². The molecule has 1 aromatic heterocycles. The molecule has 2 rings (SSSR count). The van der Waals surface area contributed by atoms with Crippen LogP contribution in [0.1, 0.15) is 16.2 Å². The van der Waals surface area contributed by atoms with Crippen LogP contribution in [-0.4, -0.2) is 21.3 Å². The SMILES string of the molecule is O=C(O)c1nnc(-c2cccc(C(F)(F)F)c2)o1. The average molecular weight is 258 g/mol. The highest BCUT2D eigenvalue weighted by Crippen LogP contribution is 2.31. The lowest BCUT2D eigenvalue weighted by Gasteiger charge is -2.06. The van der Waals surface area contributed by atoms with Gasteiger partial charge in [0.05, 0.1) is 5.56 Å². The summed E-state index contributed by atoms with van der Waals surface area (Å²) in [7, 11) is 0. The second-order valence-corrected chi connectivity index (χ2v) is 3.30. The van der Waals surface area contributed by atoms with Crippen LogP contribution in [0.2, 0.25) is 0 Å². The summed E-state index contributed by atoms with van der Waals surface area (Å²) >= 11 is 0. The highest BCUT2D eigenvalue weighted by atomic mass is 19.4. The highest BCUT2D eigenvalue weighted by Gasteiger charge is 2.30. The molecule has 0 spiro atoms. The molecule has 0 saturated carbocycles. The van der Waals surface area contributed by atoms with Crippen molar-refractivity contribution < 1.29 is 27.5 Å². The fraction of sp³-hybridized carbons (Fsp3) is 0.100. The van der Waals surface area contributed by atoms with E-state index in [2.05, 4.69) is 10.2 Å². The number of carboxylic acid groups (broad SMARTS) is 1. The monoisotopic (exact) mass is 258 g/mol. The van der Waals surface area contributed by atoms with E-state index in [0.717, 1.165) is 12.1 Å². The van der Waals surface area contributed by atoms with Gasteiger partial charge < -0.3 is 9.52 Å². The molecule has 0 aliphatic rings. The standard InChI is InChI=1S/C10H5F3N2O3/c11-10(12,13)6-3-1-2-5(4-6)7-14-15-8(18-7)9(16)17/h1-4H,(H,16,17). The third-order valence-corrected chi connectivity index (χ3v) is 2.04. The number of rotatable bonds is 2. The largest absolute Gasteiger partial charge is 0.474 e. The van der Waals surface area contributed by atoms with Gasteiger partial charge in [-0.15, -0.1) is 10.2 Å². The molecule has 8 heteroatoms. The quantitative estimate of drug-likeness (QED) is 0.895. The van der Waals surface area contributed by atoms with Gasteiger partial charge in [0.15, 0.2) is 0 Å². The molecule has 0 fully saturated rings. The first-order valence-corrected chi connectivity index (χ1v) is 4.62. The number of benzene rings is 1. The van der Waals surface area contributed by atoms with E-state index in [1.54, 1.807) is 0 Å². The maximum Gasteiger partial charge on any atom is 0.416 e. The van der Waals surface area contributed by atoms with E-state index in [9.17, 15) is 18.0 Å². The Bertz CT molecular complexity index is 592. The molecule has 1 aromatic carbocycles. The molecule has 0 radical (unpaired) electrons. The lowest BCUT2D eigenvalue weighted by Crippen LogP contribution is -2.04. The third-order valence-electron chi connectivity index (χ3n) is 2.04. The topological polar surface area (TPSA) is 76.2 Å². The lowest BCUT2D eigenvalue weighted by molar-refractivity contribution is -0.137. The first-order valence-electron chi connectivity index (χ1n) is 4.62. The Morgan fingerprint density at radius 3 is 2.56 bits per heavy atom. The first-order chi connectivity index (χ1) is 8.38. The number of hydrogen-bond donors (Lipinski definition) is 1. The van der Waals surface area contributed by atoms with Crippen molar-refractivity contribution in [3.8, 4) is 11.5 Å². The van der Waals surface area contributed by atoms with E-state index in [1.165, 1.54) is 12.1 Å². The number of aromatic nitrogens is 2. The fourth-order valence-corrected chi connectivity index (χ4v) is 1.25. The zero-order valence-corrected chi connectivity index (χ0v) is 8.60. The van der Waals surface area contributed by atoms with Crippen LogP contribution in [0, 0.1) is 0 Å². The Hall–Kier alpha value is -2.38. The van der Waals surface area contributed by atoms with Crippen molar-refractivity contribution >= 4 is 5.97 Å². The van der Waals surface area contributed by atoms with Crippen molar-refractivity contribution in [1.82, 2.24) is 10.2 Å². The van der Waals surface area contributed by atoms with Gasteiger partial charge in [-0.05, 0) is 18.2 Å². The first kappa shape index (κ1) is 12.1. The smallest absolute Gasteiger partial charge is 0.416 e. The maximum atomic E-state index is 12.5. The number of alkyl halides is 3. The number of halogens is 3. The molecule has 0 bridgehead atoms. The lowest BCUT2D eigenvalue weighted by atomic mass is 10.1. The molecule has 1 N–H and O–H groups in total. The van der Waals surface area contributed by atoms with Crippen molar-refractivity contribution in [1.29, 1.82) is 0 Å². The van der Waals surface area contributed by atoms with Crippen LogP contribution in [0.3, 0.4) is 0 Å². The number of hydrogen-bond acceptors (Lipinski definition) is 4. The van der Waals surface area contributed by atoms with Gasteiger partial charge in [-0.1, -0.05) is 6.07 Å². The van der Waals surface area contributed by atoms with Crippen LogP contribution >= 0.6 is 0 Å². The Morgan fingerprint density at radius 2 is 2.00 bits per heavy atom. The molecule has 0 atom stereocenters. The summed E-state index contributed by atoms with van der Waals surface area (Å²) in [5, 5.41) is 15.1. The van der Waals surface area contributed by atoms with Gasteiger partial charge in [0.2, 0.25) is 5.89 Å². The van der Waals surface area contributed by atoms with E-state index in [4.69, 9.17) is 9.52 Å². The number of carboxylic acids is 1. The van der Waals surface area contributed by atoms with Gasteiger partial charge in [-0.2, -0.15) is 13.2 Å². The Kier molecular flexibility index (Phi) is 2.77. The molecule has 0 aliphatic heterocycles. The molecule has 2 aromatic rings. The molecular weight excluding hydrogens is 253 g/mol. The minimum atomic E-state index is -4.49. The van der Waals surface area contributed by atoms with E-state index in [0.29, 0.717) is 0 Å². The van der Waals surface area contributed by atoms with Gasteiger partial charge in [-0.3, -0.25) is 0 Å². The number of carbonyl (C=O) groups is 1. The van der Waals surface area contributed by atoms with Crippen molar-refractivity contribution in [3.05, 3.63) is 35.7 Å². The Labute approximate surface area is 97.9 Å². The van der Waals surface area contributed by atoms with Crippen LogP contribution < -0.4 is 0 Å². The van der Waals surface area contributed by atoms with Crippen molar-refractivity contribution in [2.24, 2.45) is 0 Å². The Balaban J connectivity index is 2.41. The summed E-state index contributed by atoms with van der Waals surface area (Å²) in [5.74, 6) is -2.40. The predicted molar refractivity (Wildman–Crippen MR) is 51.7 cm³/mol. The van der Waals surface area contributed by atoms with Crippen molar-refractivity contribution in [3.63, 3.8) is 0 Å². The van der Waals surface area contributed by atoms with E-state index >= 15 is 0 Å². The maximum absolute atomic E-state index is 12.5. The van der Waals surface area contributed by atoms with E-state index in [1.807, 2.05) is 0 Å². The molecule has 0 saturated heterocycles. The summed E-state index contributed by atoms with van der Waals surface area (Å²) in [6.45, 7) is 0. The summed E-state index contributed by atoms with van der Waals surface area (Å²) < 4.78 is 42.1. The van der Waals surface area contributed by atoms with Crippen molar-refractivity contribution in [2.75, 3.05) is 0 Å². The molecule has 5 nitrogen and oxygen atoms in total. The predicted octanol–water partition coefficient (Wildman–Crippen LogP) is 2.45. The highest BCUT2D eigenvalue weighted by molar-refractivity contribution is 5.82. The van der Waals surface area contributed by atoms with Crippen LogP contribution in [0.25, 0.3) is 11.5 Å². The minimum absolute atomic E-state index is 0.00447. The molecular formula is C10H5F3N2O3. The van der Waals surface area contributed by atoms with Gasteiger partial charge in [0.25, 0.3) is 0 Å². The molecule has 18 heavy (non-hydrogen) atoms. The molecule has 0 unspecified atom stereocenters. The summed E-state index contributed by atoms with van der Waals surface area (Å²) in [4.78, 5) is 10.5. The van der Waals surface area contributed by atoms with Crippen LogP contribution in [0.5, 0.6) is 0 Å². The van der Waals surface area contributed by atoms with Gasteiger partial charge in [-0.25, -0.2) is 4.79 Å².